The summed E-state index contributed by atoms with van der Waals surface area (Å²) in [5.41, 5.74) is 0.983. The van der Waals surface area contributed by atoms with Gasteiger partial charge in [0, 0.05) is 37.4 Å². The van der Waals surface area contributed by atoms with Gasteiger partial charge in [-0.05, 0) is 31.6 Å². The second kappa shape index (κ2) is 6.18. The maximum absolute atomic E-state index is 5.71. The van der Waals surface area contributed by atoms with Gasteiger partial charge in [-0.3, -0.25) is 0 Å². The summed E-state index contributed by atoms with van der Waals surface area (Å²) in [6, 6.07) is 2.48. The van der Waals surface area contributed by atoms with Gasteiger partial charge in [0.15, 0.2) is 0 Å². The minimum absolute atomic E-state index is 0.547. The largest absolute Gasteiger partial charge is 0.478 e. The third-order valence-electron chi connectivity index (χ3n) is 4.67. The minimum Gasteiger partial charge on any atom is -0.478 e. The van der Waals surface area contributed by atoms with Crippen molar-refractivity contribution in [3.63, 3.8) is 0 Å². The Morgan fingerprint density at radius 3 is 2.95 bits per heavy atom. The first-order valence-corrected chi connectivity index (χ1v) is 8.18. The summed E-state index contributed by atoms with van der Waals surface area (Å²) in [4.78, 5) is 11.7. The summed E-state index contributed by atoms with van der Waals surface area (Å²) in [6.07, 6.45) is 2.14. The maximum atomic E-state index is 5.71. The number of hydrogen-bond donors (Lipinski definition) is 1. The first-order valence-electron chi connectivity index (χ1n) is 8.18. The summed E-state index contributed by atoms with van der Waals surface area (Å²) in [5, 5.41) is 3.52. The van der Waals surface area contributed by atoms with E-state index >= 15 is 0 Å². The second-order valence-corrected chi connectivity index (χ2v) is 6.21. The highest BCUT2D eigenvalue weighted by Crippen LogP contribution is 2.36. The van der Waals surface area contributed by atoms with Crippen molar-refractivity contribution in [1.29, 1.82) is 0 Å². The van der Waals surface area contributed by atoms with E-state index in [1.165, 1.54) is 0 Å². The average Bonchev–Trinajstić information content (AvgIpc) is 3.04. The van der Waals surface area contributed by atoms with Crippen LogP contribution in [0.1, 0.15) is 32.4 Å². The van der Waals surface area contributed by atoms with Crippen LogP contribution in [-0.2, 0) is 0 Å². The Morgan fingerprint density at radius 2 is 2.19 bits per heavy atom. The lowest BCUT2D eigenvalue weighted by molar-refractivity contribution is 0.304. The molecule has 5 nitrogen and oxygen atoms in total. The molecule has 2 aliphatic rings. The third kappa shape index (κ3) is 2.84. The van der Waals surface area contributed by atoms with E-state index in [0.29, 0.717) is 18.5 Å². The van der Waals surface area contributed by atoms with E-state index in [0.717, 1.165) is 56.0 Å². The van der Waals surface area contributed by atoms with E-state index in [9.17, 15) is 0 Å². The van der Waals surface area contributed by atoms with Gasteiger partial charge in [0.2, 0.25) is 11.8 Å². The minimum atomic E-state index is 0.547. The Balaban J connectivity index is 1.84. The van der Waals surface area contributed by atoms with E-state index in [4.69, 9.17) is 4.74 Å². The number of fused-ring (bicyclic) bond motifs is 1. The van der Waals surface area contributed by atoms with Crippen LogP contribution < -0.4 is 15.0 Å². The lowest BCUT2D eigenvalue weighted by Gasteiger charge is -2.27. The molecule has 3 atom stereocenters. The fourth-order valence-electron chi connectivity index (χ4n) is 3.71. The van der Waals surface area contributed by atoms with Crippen molar-refractivity contribution in [2.24, 2.45) is 11.8 Å². The van der Waals surface area contributed by atoms with Crippen molar-refractivity contribution in [3.05, 3.63) is 11.8 Å². The number of hydrogen-bond acceptors (Lipinski definition) is 5. The average molecular weight is 290 g/mol. The summed E-state index contributed by atoms with van der Waals surface area (Å²) in [6.45, 7) is 10.4. The van der Waals surface area contributed by atoms with E-state index in [-0.39, 0.29) is 0 Å². The zero-order chi connectivity index (χ0) is 14.8. The van der Waals surface area contributed by atoms with Gasteiger partial charge >= 0.3 is 0 Å². The van der Waals surface area contributed by atoms with Crippen LogP contribution >= 0.6 is 0 Å². The monoisotopic (exact) mass is 290 g/mol. The number of aromatic nitrogens is 2. The van der Waals surface area contributed by atoms with Gasteiger partial charge in [-0.25, -0.2) is 4.98 Å². The number of nitrogens with zero attached hydrogens (tertiary/aromatic N) is 3. The van der Waals surface area contributed by atoms with Gasteiger partial charge in [-0.2, -0.15) is 4.98 Å². The molecule has 0 radical (unpaired) electrons. The normalized spacial score (nSPS) is 28.0. The Kier molecular flexibility index (Phi) is 4.29. The molecule has 0 bridgehead atoms. The predicted molar refractivity (Wildman–Crippen MR) is 83.8 cm³/mol. The number of nitrogens with one attached hydrogen (secondary N) is 1. The fourth-order valence-corrected chi connectivity index (χ4v) is 3.71. The van der Waals surface area contributed by atoms with E-state index in [2.05, 4.69) is 34.0 Å². The number of aryl methyl sites for hydroxylation is 1. The van der Waals surface area contributed by atoms with Gasteiger partial charge < -0.3 is 15.0 Å². The lowest BCUT2D eigenvalue weighted by Crippen LogP contribution is -2.36. The molecule has 2 saturated heterocycles. The molecule has 2 aliphatic heterocycles. The van der Waals surface area contributed by atoms with Gasteiger partial charge in [0.05, 0.1) is 6.61 Å². The molecule has 0 saturated carbocycles. The molecule has 3 unspecified atom stereocenters. The summed E-state index contributed by atoms with van der Waals surface area (Å²) < 4.78 is 5.71. The summed E-state index contributed by atoms with van der Waals surface area (Å²) in [5.74, 6) is 3.03. The van der Waals surface area contributed by atoms with E-state index in [1.54, 1.807) is 0 Å². The Hall–Kier alpha value is -1.36. The Labute approximate surface area is 127 Å². The van der Waals surface area contributed by atoms with E-state index in [1.807, 2.05) is 13.0 Å². The standard InChI is InChI=1S/C16H26N4O/c1-4-6-21-15-7-11(3)18-16(19-15)20-10-12-8-17-9-13(12)14(20)5-2/h7,12-14,17H,4-6,8-10H2,1-3H3. The smallest absolute Gasteiger partial charge is 0.229 e. The van der Waals surface area contributed by atoms with Crippen LogP contribution in [0.3, 0.4) is 0 Å². The molecule has 0 amide bonds. The third-order valence-corrected chi connectivity index (χ3v) is 4.67. The van der Waals surface area contributed by atoms with Crippen molar-refractivity contribution in [2.75, 3.05) is 31.1 Å². The van der Waals surface area contributed by atoms with Gasteiger partial charge in [0.25, 0.3) is 0 Å². The van der Waals surface area contributed by atoms with Crippen molar-refractivity contribution in [2.45, 2.75) is 39.7 Å². The van der Waals surface area contributed by atoms with Crippen LogP contribution in [0.25, 0.3) is 0 Å². The zero-order valence-electron chi connectivity index (χ0n) is 13.3. The predicted octanol–water partition coefficient (Wildman–Crippen LogP) is 2.01. The molecule has 5 heteroatoms. The van der Waals surface area contributed by atoms with Crippen LogP contribution in [0.15, 0.2) is 6.07 Å². The molecule has 1 aromatic heterocycles. The highest BCUT2D eigenvalue weighted by Gasteiger charge is 2.44. The van der Waals surface area contributed by atoms with Crippen molar-refractivity contribution in [3.8, 4) is 5.88 Å². The van der Waals surface area contributed by atoms with Crippen LogP contribution in [0.4, 0.5) is 5.95 Å². The highest BCUT2D eigenvalue weighted by molar-refractivity contribution is 5.39. The Morgan fingerprint density at radius 1 is 1.33 bits per heavy atom. The number of ether oxygens (including phenoxy) is 1. The highest BCUT2D eigenvalue weighted by atomic mass is 16.5. The summed E-state index contributed by atoms with van der Waals surface area (Å²) in [7, 11) is 0. The SMILES string of the molecule is CCCOc1cc(C)nc(N2CC3CNCC3C2CC)n1. The zero-order valence-corrected chi connectivity index (χ0v) is 13.3. The number of rotatable bonds is 5. The van der Waals surface area contributed by atoms with Crippen molar-refractivity contribution >= 4 is 5.95 Å². The number of anilines is 1. The molecule has 116 valence electrons. The molecule has 2 fully saturated rings. The summed E-state index contributed by atoms with van der Waals surface area (Å²) >= 11 is 0. The van der Waals surface area contributed by atoms with Crippen molar-refractivity contribution in [1.82, 2.24) is 15.3 Å². The van der Waals surface area contributed by atoms with Gasteiger partial charge in [0.1, 0.15) is 0 Å². The van der Waals surface area contributed by atoms with Crippen LogP contribution in [-0.4, -0.2) is 42.3 Å². The van der Waals surface area contributed by atoms with Gasteiger partial charge in [-0.1, -0.05) is 13.8 Å². The van der Waals surface area contributed by atoms with Gasteiger partial charge in [-0.15, -0.1) is 0 Å². The van der Waals surface area contributed by atoms with E-state index < -0.39 is 0 Å². The molecule has 1 aromatic rings. The van der Waals surface area contributed by atoms with Crippen LogP contribution in [0, 0.1) is 18.8 Å². The van der Waals surface area contributed by atoms with Crippen LogP contribution in [0.2, 0.25) is 0 Å². The second-order valence-electron chi connectivity index (χ2n) is 6.21. The quantitative estimate of drug-likeness (QED) is 0.899. The molecule has 3 heterocycles. The molecule has 0 spiro atoms. The molecular weight excluding hydrogens is 264 g/mol. The maximum Gasteiger partial charge on any atom is 0.229 e. The van der Waals surface area contributed by atoms with Crippen LogP contribution in [0.5, 0.6) is 5.88 Å². The van der Waals surface area contributed by atoms with Crippen molar-refractivity contribution < 1.29 is 4.74 Å². The molecule has 0 aromatic carbocycles. The first-order chi connectivity index (χ1) is 10.2. The fraction of sp³-hybridized carbons (Fsp3) is 0.750. The first kappa shape index (κ1) is 14.6. The lowest BCUT2D eigenvalue weighted by atomic mass is 9.93. The topological polar surface area (TPSA) is 50.3 Å². The Bertz CT molecular complexity index is 493. The molecule has 21 heavy (non-hydrogen) atoms. The molecule has 1 N–H and O–H groups in total. The molecule has 3 rings (SSSR count). The molecular formula is C16H26N4O. The molecule has 0 aliphatic carbocycles.